The number of benzene rings is 1. The Morgan fingerprint density at radius 3 is 2.71 bits per heavy atom. The quantitative estimate of drug-likeness (QED) is 0.916. The third-order valence-corrected chi connectivity index (χ3v) is 3.43. The lowest BCUT2D eigenvalue weighted by atomic mass is 9.96. The van der Waals surface area contributed by atoms with Crippen molar-refractivity contribution < 1.29 is 4.74 Å². The third kappa shape index (κ3) is 4.47. The third-order valence-electron chi connectivity index (χ3n) is 3.18. The number of ether oxygens (including phenoxy) is 1. The van der Waals surface area contributed by atoms with Crippen LogP contribution in [-0.4, -0.2) is 25.8 Å². The highest BCUT2D eigenvalue weighted by Crippen LogP contribution is 2.17. The first-order chi connectivity index (χ1) is 7.78. The van der Waals surface area contributed by atoms with E-state index in [9.17, 15) is 0 Å². The number of hydrogen-bond donors (Lipinski definition) is 1. The Morgan fingerprint density at radius 2 is 2.06 bits per heavy atom. The number of halogens is 2. The van der Waals surface area contributed by atoms with E-state index < -0.39 is 0 Å². The number of piperidine rings is 1. The summed E-state index contributed by atoms with van der Waals surface area (Å²) in [5.41, 5.74) is 1.33. The Balaban J connectivity index is 0.00000144. The van der Waals surface area contributed by atoms with Gasteiger partial charge < -0.3 is 10.1 Å². The van der Waals surface area contributed by atoms with Gasteiger partial charge in [0, 0.05) is 18.2 Å². The van der Waals surface area contributed by atoms with E-state index in [0.29, 0.717) is 12.1 Å². The normalized spacial score (nSPS) is 24.1. The summed E-state index contributed by atoms with van der Waals surface area (Å²) in [6, 6.07) is 8.63. The average molecular weight is 276 g/mol. The molecule has 1 aliphatic heterocycles. The second-order valence-electron chi connectivity index (χ2n) is 4.36. The van der Waals surface area contributed by atoms with E-state index in [-0.39, 0.29) is 12.4 Å². The molecule has 1 fully saturated rings. The van der Waals surface area contributed by atoms with Crippen molar-refractivity contribution in [2.24, 2.45) is 0 Å². The summed E-state index contributed by atoms with van der Waals surface area (Å²) in [5.74, 6) is 0. The SMILES string of the molecule is CO[C@H]1CCN[C@@H](Cc2ccc(Cl)cc2)C1.Cl. The number of hydrogen-bond acceptors (Lipinski definition) is 2. The number of rotatable bonds is 3. The van der Waals surface area contributed by atoms with Gasteiger partial charge in [-0.1, -0.05) is 23.7 Å². The lowest BCUT2D eigenvalue weighted by molar-refractivity contribution is 0.0621. The maximum atomic E-state index is 5.86. The average Bonchev–Trinajstić information content (AvgIpc) is 2.32. The van der Waals surface area contributed by atoms with Crippen molar-refractivity contribution in [1.82, 2.24) is 5.32 Å². The molecule has 0 aliphatic carbocycles. The molecule has 1 heterocycles. The van der Waals surface area contributed by atoms with Crippen LogP contribution in [0, 0.1) is 0 Å². The maximum Gasteiger partial charge on any atom is 0.0598 e. The lowest BCUT2D eigenvalue weighted by Gasteiger charge is -2.29. The molecule has 0 saturated carbocycles. The molecule has 1 aromatic carbocycles. The van der Waals surface area contributed by atoms with Crippen LogP contribution in [0.4, 0.5) is 0 Å². The minimum atomic E-state index is 0. The molecule has 17 heavy (non-hydrogen) atoms. The Morgan fingerprint density at radius 1 is 1.35 bits per heavy atom. The zero-order chi connectivity index (χ0) is 11.4. The van der Waals surface area contributed by atoms with Gasteiger partial charge in [-0.2, -0.15) is 0 Å². The number of nitrogens with one attached hydrogen (secondary N) is 1. The zero-order valence-electron chi connectivity index (χ0n) is 9.99. The summed E-state index contributed by atoms with van der Waals surface area (Å²) >= 11 is 5.86. The van der Waals surface area contributed by atoms with E-state index in [0.717, 1.165) is 30.8 Å². The molecule has 2 atom stereocenters. The molecule has 4 heteroatoms. The highest BCUT2D eigenvalue weighted by molar-refractivity contribution is 6.30. The Bertz CT molecular complexity index is 329. The largest absolute Gasteiger partial charge is 0.381 e. The van der Waals surface area contributed by atoms with E-state index in [1.54, 1.807) is 7.11 Å². The van der Waals surface area contributed by atoms with Gasteiger partial charge in [0.15, 0.2) is 0 Å². The Kier molecular flexibility index (Phi) is 6.28. The molecule has 1 N–H and O–H groups in total. The van der Waals surface area contributed by atoms with Crippen molar-refractivity contribution in [3.63, 3.8) is 0 Å². The van der Waals surface area contributed by atoms with Crippen molar-refractivity contribution >= 4 is 24.0 Å². The molecule has 2 nitrogen and oxygen atoms in total. The van der Waals surface area contributed by atoms with Gasteiger partial charge in [-0.15, -0.1) is 12.4 Å². The van der Waals surface area contributed by atoms with E-state index >= 15 is 0 Å². The highest BCUT2D eigenvalue weighted by atomic mass is 35.5. The van der Waals surface area contributed by atoms with Gasteiger partial charge in [-0.3, -0.25) is 0 Å². The molecular weight excluding hydrogens is 257 g/mol. The zero-order valence-corrected chi connectivity index (χ0v) is 11.6. The van der Waals surface area contributed by atoms with Crippen LogP contribution in [0.5, 0.6) is 0 Å². The molecule has 0 radical (unpaired) electrons. The van der Waals surface area contributed by atoms with Gasteiger partial charge in [0.05, 0.1) is 6.10 Å². The molecule has 0 aromatic heterocycles. The second kappa shape index (κ2) is 7.22. The molecular formula is C13H19Cl2NO. The minimum absolute atomic E-state index is 0. The molecule has 2 rings (SSSR count). The first-order valence-corrected chi connectivity index (χ1v) is 6.16. The van der Waals surface area contributed by atoms with Crippen LogP contribution in [0.25, 0.3) is 0 Å². The van der Waals surface area contributed by atoms with Crippen molar-refractivity contribution in [3.8, 4) is 0 Å². The predicted molar refractivity (Wildman–Crippen MR) is 74.2 cm³/mol. The van der Waals surface area contributed by atoms with Crippen molar-refractivity contribution in [1.29, 1.82) is 0 Å². The summed E-state index contributed by atoms with van der Waals surface area (Å²) < 4.78 is 5.42. The Hall–Kier alpha value is -0.280. The second-order valence-corrected chi connectivity index (χ2v) is 4.80. The smallest absolute Gasteiger partial charge is 0.0598 e. The molecule has 1 aromatic rings. The maximum absolute atomic E-state index is 5.86. The van der Waals surface area contributed by atoms with Crippen LogP contribution in [0.1, 0.15) is 18.4 Å². The highest BCUT2D eigenvalue weighted by Gasteiger charge is 2.20. The van der Waals surface area contributed by atoms with Crippen LogP contribution in [0.3, 0.4) is 0 Å². The fourth-order valence-corrected chi connectivity index (χ4v) is 2.37. The van der Waals surface area contributed by atoms with E-state index in [1.165, 1.54) is 5.56 Å². The minimum Gasteiger partial charge on any atom is -0.381 e. The molecule has 0 spiro atoms. The van der Waals surface area contributed by atoms with Gasteiger partial charge in [0.25, 0.3) is 0 Å². The van der Waals surface area contributed by atoms with Crippen molar-refractivity contribution in [3.05, 3.63) is 34.9 Å². The van der Waals surface area contributed by atoms with Crippen LogP contribution < -0.4 is 5.32 Å². The Labute approximate surface area is 114 Å². The molecule has 0 unspecified atom stereocenters. The van der Waals surface area contributed by atoms with Crippen molar-refractivity contribution in [2.75, 3.05) is 13.7 Å². The van der Waals surface area contributed by atoms with Gasteiger partial charge in [-0.25, -0.2) is 0 Å². The van der Waals surface area contributed by atoms with Crippen LogP contribution in [-0.2, 0) is 11.2 Å². The van der Waals surface area contributed by atoms with Crippen LogP contribution in [0.15, 0.2) is 24.3 Å². The molecule has 1 aliphatic rings. The molecule has 1 saturated heterocycles. The fourth-order valence-electron chi connectivity index (χ4n) is 2.24. The van der Waals surface area contributed by atoms with Gasteiger partial charge in [0.1, 0.15) is 0 Å². The summed E-state index contributed by atoms with van der Waals surface area (Å²) in [6.45, 7) is 1.05. The monoisotopic (exact) mass is 275 g/mol. The van der Waals surface area contributed by atoms with E-state index in [2.05, 4.69) is 17.4 Å². The molecule has 96 valence electrons. The van der Waals surface area contributed by atoms with Crippen LogP contribution in [0.2, 0.25) is 5.02 Å². The summed E-state index contributed by atoms with van der Waals surface area (Å²) in [5, 5.41) is 4.33. The van der Waals surface area contributed by atoms with Gasteiger partial charge >= 0.3 is 0 Å². The van der Waals surface area contributed by atoms with Crippen LogP contribution >= 0.6 is 24.0 Å². The topological polar surface area (TPSA) is 21.3 Å². The lowest BCUT2D eigenvalue weighted by Crippen LogP contribution is -2.42. The summed E-state index contributed by atoms with van der Waals surface area (Å²) in [6.07, 6.45) is 3.68. The summed E-state index contributed by atoms with van der Waals surface area (Å²) in [4.78, 5) is 0. The first kappa shape index (κ1) is 14.8. The number of methoxy groups -OCH3 is 1. The first-order valence-electron chi connectivity index (χ1n) is 5.78. The standard InChI is InChI=1S/C13H18ClNO.ClH/c1-16-13-6-7-15-12(9-13)8-10-2-4-11(14)5-3-10;/h2-5,12-13,15H,6-9H2,1H3;1H/t12-,13-;/m0./s1. The van der Waals surface area contributed by atoms with Gasteiger partial charge in [-0.05, 0) is 43.5 Å². The molecule has 0 amide bonds. The predicted octanol–water partition coefficient (Wildman–Crippen LogP) is 3.07. The molecule has 0 bridgehead atoms. The van der Waals surface area contributed by atoms with E-state index in [1.807, 2.05) is 12.1 Å². The fraction of sp³-hybridized carbons (Fsp3) is 0.538. The summed E-state index contributed by atoms with van der Waals surface area (Å²) in [7, 11) is 1.80. The van der Waals surface area contributed by atoms with Crippen molar-refractivity contribution in [2.45, 2.75) is 31.4 Å². The van der Waals surface area contributed by atoms with Gasteiger partial charge in [0.2, 0.25) is 0 Å². The van der Waals surface area contributed by atoms with E-state index in [4.69, 9.17) is 16.3 Å².